The van der Waals surface area contributed by atoms with Crippen LogP contribution in [0.1, 0.15) is 16.7 Å². The van der Waals surface area contributed by atoms with E-state index in [0.717, 1.165) is 17.3 Å². The highest BCUT2D eigenvalue weighted by molar-refractivity contribution is 8.15. The van der Waals surface area contributed by atoms with Gasteiger partial charge in [0.05, 0.1) is 18.9 Å². The molecule has 3 aromatic carbocycles. The van der Waals surface area contributed by atoms with Crippen LogP contribution in [0, 0.1) is 11.6 Å². The largest absolute Gasteiger partial charge is 0.493 e. The van der Waals surface area contributed by atoms with E-state index in [0.29, 0.717) is 29.0 Å². The summed E-state index contributed by atoms with van der Waals surface area (Å²) in [4.78, 5) is 26.4. The zero-order valence-corrected chi connectivity index (χ0v) is 18.6. The maximum atomic E-state index is 13.4. The monoisotopic (exact) mass is 469 g/mol. The van der Waals surface area contributed by atoms with Crippen LogP contribution in [0.15, 0.2) is 66.7 Å². The number of ether oxygens (including phenoxy) is 2. The molecule has 8 heteroatoms. The summed E-state index contributed by atoms with van der Waals surface area (Å²) in [6.07, 6.45) is 0.343. The van der Waals surface area contributed by atoms with Gasteiger partial charge in [0.1, 0.15) is 18.2 Å². The summed E-state index contributed by atoms with van der Waals surface area (Å²) < 4.78 is 37.7. The summed E-state index contributed by atoms with van der Waals surface area (Å²) in [7, 11) is 1.51. The van der Waals surface area contributed by atoms with Crippen LogP contribution in [0.25, 0.3) is 0 Å². The molecular formula is C25H21F2NO4S. The summed E-state index contributed by atoms with van der Waals surface area (Å²) in [5.74, 6) is -0.0129. The van der Waals surface area contributed by atoms with Gasteiger partial charge in [0, 0.05) is 0 Å². The van der Waals surface area contributed by atoms with Gasteiger partial charge in [-0.05, 0) is 59.5 Å². The molecule has 3 aromatic rings. The Balaban J connectivity index is 1.41. The minimum Gasteiger partial charge on any atom is -0.493 e. The molecule has 0 saturated carbocycles. The van der Waals surface area contributed by atoms with Crippen molar-refractivity contribution in [2.75, 3.05) is 7.11 Å². The SMILES string of the molecule is COc1cc(C[C@@H]2SC(=O)N(Cc3ccc(F)cc3)C2=O)ccc1OCc1cccc(F)c1. The van der Waals surface area contributed by atoms with Crippen LogP contribution in [0.5, 0.6) is 11.5 Å². The van der Waals surface area contributed by atoms with Gasteiger partial charge in [-0.2, -0.15) is 0 Å². The molecule has 0 N–H and O–H groups in total. The predicted molar refractivity (Wildman–Crippen MR) is 121 cm³/mol. The fraction of sp³-hybridized carbons (Fsp3) is 0.200. The van der Waals surface area contributed by atoms with E-state index >= 15 is 0 Å². The molecule has 0 unspecified atom stereocenters. The Morgan fingerprint density at radius 3 is 2.36 bits per heavy atom. The lowest BCUT2D eigenvalue weighted by Gasteiger charge is -2.15. The highest BCUT2D eigenvalue weighted by atomic mass is 32.2. The van der Waals surface area contributed by atoms with Gasteiger partial charge in [-0.15, -0.1) is 0 Å². The zero-order valence-electron chi connectivity index (χ0n) is 17.8. The van der Waals surface area contributed by atoms with E-state index in [1.807, 2.05) is 6.07 Å². The summed E-state index contributed by atoms with van der Waals surface area (Å²) in [6, 6.07) is 17.2. The Morgan fingerprint density at radius 2 is 1.64 bits per heavy atom. The van der Waals surface area contributed by atoms with Gasteiger partial charge in [-0.3, -0.25) is 14.5 Å². The molecule has 1 fully saturated rings. The Hall–Kier alpha value is -3.39. The molecule has 0 spiro atoms. The van der Waals surface area contributed by atoms with Gasteiger partial charge >= 0.3 is 0 Å². The molecule has 5 nitrogen and oxygen atoms in total. The van der Waals surface area contributed by atoms with E-state index in [1.54, 1.807) is 36.4 Å². The molecule has 4 rings (SSSR count). The smallest absolute Gasteiger partial charge is 0.289 e. The first-order valence-corrected chi connectivity index (χ1v) is 11.1. The molecule has 2 amide bonds. The summed E-state index contributed by atoms with van der Waals surface area (Å²) in [5.41, 5.74) is 2.18. The van der Waals surface area contributed by atoms with Crippen molar-refractivity contribution < 1.29 is 27.8 Å². The molecule has 1 saturated heterocycles. The molecule has 1 heterocycles. The molecule has 170 valence electrons. The summed E-state index contributed by atoms with van der Waals surface area (Å²) in [6.45, 7) is 0.287. The lowest BCUT2D eigenvalue weighted by atomic mass is 10.1. The number of hydrogen-bond acceptors (Lipinski definition) is 5. The number of hydrogen-bond donors (Lipinski definition) is 0. The molecule has 1 atom stereocenters. The Bertz CT molecular complexity index is 1170. The predicted octanol–water partition coefficient (Wildman–Crippen LogP) is 5.36. The Kier molecular flexibility index (Phi) is 6.93. The molecule has 0 aromatic heterocycles. The van der Waals surface area contributed by atoms with Crippen LogP contribution in [0.3, 0.4) is 0 Å². The van der Waals surface area contributed by atoms with Crippen LogP contribution in [-0.4, -0.2) is 28.4 Å². The topological polar surface area (TPSA) is 55.8 Å². The average Bonchev–Trinajstić information content (AvgIpc) is 3.06. The van der Waals surface area contributed by atoms with Crippen LogP contribution in [0.4, 0.5) is 13.6 Å². The number of benzene rings is 3. The number of rotatable bonds is 8. The molecule has 0 radical (unpaired) electrons. The van der Waals surface area contributed by atoms with Gasteiger partial charge in [0.25, 0.3) is 5.24 Å². The average molecular weight is 470 g/mol. The van der Waals surface area contributed by atoms with E-state index in [-0.39, 0.29) is 35.9 Å². The molecule has 1 aliphatic rings. The molecular weight excluding hydrogens is 448 g/mol. The van der Waals surface area contributed by atoms with Crippen LogP contribution >= 0.6 is 11.8 Å². The van der Waals surface area contributed by atoms with Gasteiger partial charge in [-0.1, -0.05) is 42.1 Å². The first-order valence-electron chi connectivity index (χ1n) is 10.2. The zero-order chi connectivity index (χ0) is 23.4. The maximum absolute atomic E-state index is 13.4. The number of halogens is 2. The summed E-state index contributed by atoms with van der Waals surface area (Å²) in [5, 5.41) is -0.877. The highest BCUT2D eigenvalue weighted by Gasteiger charge is 2.39. The molecule has 0 aliphatic carbocycles. The fourth-order valence-corrected chi connectivity index (χ4v) is 4.53. The van der Waals surface area contributed by atoms with E-state index < -0.39 is 5.25 Å². The second-order valence-electron chi connectivity index (χ2n) is 7.53. The normalized spacial score (nSPS) is 15.7. The number of thioether (sulfide) groups is 1. The third kappa shape index (κ3) is 5.51. The molecule has 0 bridgehead atoms. The fourth-order valence-electron chi connectivity index (χ4n) is 3.50. The number of methoxy groups -OCH3 is 1. The Morgan fingerprint density at radius 1 is 0.879 bits per heavy atom. The van der Waals surface area contributed by atoms with E-state index in [2.05, 4.69) is 0 Å². The maximum Gasteiger partial charge on any atom is 0.289 e. The summed E-state index contributed by atoms with van der Waals surface area (Å²) >= 11 is 0.981. The molecule has 1 aliphatic heterocycles. The lowest BCUT2D eigenvalue weighted by Crippen LogP contribution is -2.31. The van der Waals surface area contributed by atoms with E-state index in [4.69, 9.17) is 9.47 Å². The second kappa shape index (κ2) is 10.0. The number of carbonyl (C=O) groups is 2. The number of nitrogens with zero attached hydrogens (tertiary/aromatic N) is 1. The van der Waals surface area contributed by atoms with Crippen molar-refractivity contribution in [1.82, 2.24) is 4.90 Å². The van der Waals surface area contributed by atoms with Crippen molar-refractivity contribution in [3.8, 4) is 11.5 Å². The standard InChI is InChI=1S/C25H21F2NO4S/c1-31-22-12-17(7-10-21(22)32-15-18-3-2-4-20(27)11-18)13-23-24(29)28(25(30)33-23)14-16-5-8-19(26)9-6-16/h2-12,23H,13-15H2,1H3/t23-/m0/s1. The van der Waals surface area contributed by atoms with Crippen LogP contribution in [-0.2, 0) is 24.4 Å². The molecule has 33 heavy (non-hydrogen) atoms. The van der Waals surface area contributed by atoms with Gasteiger partial charge in [0.15, 0.2) is 11.5 Å². The number of imide groups is 1. The van der Waals surface area contributed by atoms with Gasteiger partial charge in [0.2, 0.25) is 5.91 Å². The van der Waals surface area contributed by atoms with Gasteiger partial charge < -0.3 is 9.47 Å². The van der Waals surface area contributed by atoms with Crippen molar-refractivity contribution in [1.29, 1.82) is 0 Å². The Labute approximate surface area is 194 Å². The van der Waals surface area contributed by atoms with Crippen LogP contribution < -0.4 is 9.47 Å². The third-order valence-corrected chi connectivity index (χ3v) is 6.27. The minimum absolute atomic E-state index is 0.109. The van der Waals surface area contributed by atoms with E-state index in [9.17, 15) is 18.4 Å². The number of amides is 2. The highest BCUT2D eigenvalue weighted by Crippen LogP contribution is 2.34. The second-order valence-corrected chi connectivity index (χ2v) is 8.69. The first kappa shape index (κ1) is 22.8. The van der Waals surface area contributed by atoms with Crippen LogP contribution in [0.2, 0.25) is 0 Å². The quantitative estimate of drug-likeness (QED) is 0.445. The minimum atomic E-state index is -0.554. The third-order valence-electron chi connectivity index (χ3n) is 5.19. The van der Waals surface area contributed by atoms with E-state index in [1.165, 1.54) is 36.3 Å². The van der Waals surface area contributed by atoms with Crippen molar-refractivity contribution in [3.05, 3.63) is 95.1 Å². The van der Waals surface area contributed by atoms with Crippen molar-refractivity contribution in [2.45, 2.75) is 24.8 Å². The van der Waals surface area contributed by atoms with Crippen molar-refractivity contribution >= 4 is 22.9 Å². The van der Waals surface area contributed by atoms with Crippen molar-refractivity contribution in [3.63, 3.8) is 0 Å². The van der Waals surface area contributed by atoms with Crippen molar-refractivity contribution in [2.24, 2.45) is 0 Å². The number of carbonyl (C=O) groups excluding carboxylic acids is 2. The first-order chi connectivity index (χ1) is 15.9. The van der Waals surface area contributed by atoms with Gasteiger partial charge in [-0.25, -0.2) is 8.78 Å². The lowest BCUT2D eigenvalue weighted by molar-refractivity contribution is -0.127.